The fourth-order valence-electron chi connectivity index (χ4n) is 2.62. The molecule has 160 valence electrons. The van der Waals surface area contributed by atoms with Gasteiger partial charge < -0.3 is 19.9 Å². The van der Waals surface area contributed by atoms with E-state index in [2.05, 4.69) is 25.8 Å². The zero-order valence-electron chi connectivity index (χ0n) is 16.9. The fraction of sp³-hybridized carbons (Fsp3) is 0.286. The summed E-state index contributed by atoms with van der Waals surface area (Å²) in [7, 11) is 0. The Morgan fingerprint density at radius 2 is 1.97 bits per heavy atom. The first-order chi connectivity index (χ1) is 14.1. The molecule has 3 rings (SSSR count). The maximum absolute atomic E-state index is 14.3. The SMILES string of the molecule is CCNC(=NCc1noc(C)n1)NCCc1ccc(Oc2ccccc2)c(F)c1.I. The van der Waals surface area contributed by atoms with Gasteiger partial charge in [0.05, 0.1) is 0 Å². The first-order valence-electron chi connectivity index (χ1n) is 9.46. The number of ether oxygens (including phenoxy) is 1. The van der Waals surface area contributed by atoms with E-state index >= 15 is 0 Å². The predicted molar refractivity (Wildman–Crippen MR) is 124 cm³/mol. The van der Waals surface area contributed by atoms with Gasteiger partial charge in [-0.15, -0.1) is 24.0 Å². The van der Waals surface area contributed by atoms with Gasteiger partial charge in [-0.05, 0) is 43.2 Å². The van der Waals surface area contributed by atoms with Crippen LogP contribution in [0.2, 0.25) is 0 Å². The molecule has 0 atom stereocenters. The van der Waals surface area contributed by atoms with E-state index in [1.165, 1.54) is 6.07 Å². The predicted octanol–water partition coefficient (Wildman–Crippen LogP) is 4.23. The number of guanidine groups is 1. The van der Waals surface area contributed by atoms with Gasteiger partial charge in [-0.25, -0.2) is 9.38 Å². The Kier molecular flexibility index (Phi) is 9.52. The number of aromatic nitrogens is 2. The van der Waals surface area contributed by atoms with Crippen LogP contribution in [0.25, 0.3) is 0 Å². The molecule has 0 aliphatic heterocycles. The molecule has 0 bridgehead atoms. The molecular formula is C21H25FIN5O2. The maximum atomic E-state index is 14.3. The standard InChI is InChI=1S/C21H24FN5O2.HI/c1-3-23-21(25-14-20-26-15(2)29-27-20)24-12-11-16-9-10-19(18(22)13-16)28-17-7-5-4-6-8-17;/h4-10,13H,3,11-12,14H2,1-2H3,(H2,23,24,25);1H. The topological polar surface area (TPSA) is 84.6 Å². The lowest BCUT2D eigenvalue weighted by Gasteiger charge is -2.12. The minimum atomic E-state index is -0.389. The normalized spacial score (nSPS) is 11.0. The molecule has 9 heteroatoms. The quantitative estimate of drug-likeness (QED) is 0.260. The van der Waals surface area contributed by atoms with Gasteiger partial charge in [-0.1, -0.05) is 29.4 Å². The highest BCUT2D eigenvalue weighted by Gasteiger charge is 2.07. The van der Waals surface area contributed by atoms with Gasteiger partial charge in [0, 0.05) is 20.0 Å². The third-order valence-electron chi connectivity index (χ3n) is 3.97. The Morgan fingerprint density at radius 3 is 2.63 bits per heavy atom. The van der Waals surface area contributed by atoms with Gasteiger partial charge >= 0.3 is 0 Å². The van der Waals surface area contributed by atoms with Crippen LogP contribution in [0, 0.1) is 12.7 Å². The highest BCUT2D eigenvalue weighted by molar-refractivity contribution is 14.0. The summed E-state index contributed by atoms with van der Waals surface area (Å²) in [5, 5.41) is 10.2. The maximum Gasteiger partial charge on any atom is 0.223 e. The highest BCUT2D eigenvalue weighted by atomic mass is 127. The molecule has 0 saturated carbocycles. The molecule has 0 amide bonds. The van der Waals surface area contributed by atoms with Gasteiger partial charge in [0.2, 0.25) is 5.89 Å². The van der Waals surface area contributed by atoms with Crippen molar-refractivity contribution in [1.29, 1.82) is 0 Å². The summed E-state index contributed by atoms with van der Waals surface area (Å²) < 4.78 is 24.9. The van der Waals surface area contributed by atoms with Crippen molar-refractivity contribution in [1.82, 2.24) is 20.8 Å². The molecule has 30 heavy (non-hydrogen) atoms. The van der Waals surface area contributed by atoms with E-state index in [0.717, 1.165) is 12.1 Å². The number of aryl methyl sites for hydroxylation is 1. The molecule has 0 aliphatic carbocycles. The van der Waals surface area contributed by atoms with Gasteiger partial charge in [0.25, 0.3) is 0 Å². The molecule has 0 fully saturated rings. The van der Waals surface area contributed by atoms with Crippen LogP contribution in [-0.4, -0.2) is 29.2 Å². The Balaban J connectivity index is 0.00000320. The Labute approximate surface area is 192 Å². The summed E-state index contributed by atoms with van der Waals surface area (Å²) in [6, 6.07) is 14.1. The number of aliphatic imine (C=N–C) groups is 1. The summed E-state index contributed by atoms with van der Waals surface area (Å²) >= 11 is 0. The number of hydrogen-bond donors (Lipinski definition) is 2. The van der Waals surface area contributed by atoms with E-state index in [9.17, 15) is 4.39 Å². The van der Waals surface area contributed by atoms with Crippen molar-refractivity contribution in [3.63, 3.8) is 0 Å². The molecule has 3 aromatic rings. The number of rotatable bonds is 8. The van der Waals surface area contributed by atoms with Crippen LogP contribution in [0.5, 0.6) is 11.5 Å². The first kappa shape index (κ1) is 23.6. The lowest BCUT2D eigenvalue weighted by molar-refractivity contribution is 0.387. The molecule has 2 N–H and O–H groups in total. The molecule has 2 aromatic carbocycles. The average Bonchev–Trinajstić information content (AvgIpc) is 3.14. The number of halogens is 2. The van der Waals surface area contributed by atoms with Crippen LogP contribution in [0.15, 0.2) is 58.0 Å². The van der Waals surface area contributed by atoms with E-state index in [4.69, 9.17) is 9.26 Å². The van der Waals surface area contributed by atoms with E-state index in [1.54, 1.807) is 25.1 Å². The fourth-order valence-corrected chi connectivity index (χ4v) is 2.62. The lowest BCUT2D eigenvalue weighted by atomic mass is 10.1. The zero-order chi connectivity index (χ0) is 20.5. The average molecular weight is 525 g/mol. The van der Waals surface area contributed by atoms with E-state index in [1.807, 2.05) is 31.2 Å². The third kappa shape index (κ3) is 7.29. The number of benzene rings is 2. The van der Waals surface area contributed by atoms with E-state index in [0.29, 0.717) is 42.9 Å². The second-order valence-corrected chi connectivity index (χ2v) is 6.28. The van der Waals surface area contributed by atoms with Crippen molar-refractivity contribution in [2.75, 3.05) is 13.1 Å². The molecule has 0 aliphatic rings. The van der Waals surface area contributed by atoms with Crippen molar-refractivity contribution in [3.05, 3.63) is 71.6 Å². The molecule has 7 nitrogen and oxygen atoms in total. The molecule has 0 spiro atoms. The molecule has 1 aromatic heterocycles. The van der Waals surface area contributed by atoms with E-state index in [-0.39, 0.29) is 35.5 Å². The zero-order valence-corrected chi connectivity index (χ0v) is 19.2. The molecule has 0 unspecified atom stereocenters. The van der Waals surface area contributed by atoms with E-state index < -0.39 is 0 Å². The molecular weight excluding hydrogens is 500 g/mol. The minimum Gasteiger partial charge on any atom is -0.454 e. The van der Waals surface area contributed by atoms with Crippen LogP contribution in [0.3, 0.4) is 0 Å². The summed E-state index contributed by atoms with van der Waals surface area (Å²) in [5.41, 5.74) is 0.861. The Hall–Kier alpha value is -2.69. The smallest absolute Gasteiger partial charge is 0.223 e. The van der Waals surface area contributed by atoms with Crippen LogP contribution in [0.1, 0.15) is 24.2 Å². The molecule has 0 saturated heterocycles. The largest absolute Gasteiger partial charge is 0.454 e. The second-order valence-electron chi connectivity index (χ2n) is 6.28. The lowest BCUT2D eigenvalue weighted by Crippen LogP contribution is -2.38. The van der Waals surface area contributed by atoms with Gasteiger partial charge in [0.15, 0.2) is 23.4 Å². The van der Waals surface area contributed by atoms with Crippen LogP contribution in [-0.2, 0) is 13.0 Å². The summed E-state index contributed by atoms with van der Waals surface area (Å²) in [4.78, 5) is 8.55. The molecule has 1 heterocycles. The number of hydrogen-bond acceptors (Lipinski definition) is 5. The van der Waals surface area contributed by atoms with Crippen molar-refractivity contribution in [2.45, 2.75) is 26.8 Å². The van der Waals surface area contributed by atoms with Crippen molar-refractivity contribution >= 4 is 29.9 Å². The number of para-hydroxylation sites is 1. The second kappa shape index (κ2) is 12.1. The number of nitrogens with one attached hydrogen (secondary N) is 2. The monoisotopic (exact) mass is 525 g/mol. The van der Waals surface area contributed by atoms with Crippen LogP contribution in [0.4, 0.5) is 4.39 Å². The highest BCUT2D eigenvalue weighted by Crippen LogP contribution is 2.24. The first-order valence-corrected chi connectivity index (χ1v) is 9.46. The number of nitrogens with zero attached hydrogens (tertiary/aromatic N) is 3. The summed E-state index contributed by atoms with van der Waals surface area (Å²) in [5.74, 6) is 2.09. The van der Waals surface area contributed by atoms with Gasteiger partial charge in [0.1, 0.15) is 12.3 Å². The Morgan fingerprint density at radius 1 is 1.17 bits per heavy atom. The van der Waals surface area contributed by atoms with Gasteiger partial charge in [-0.3, -0.25) is 0 Å². The van der Waals surface area contributed by atoms with Crippen molar-refractivity contribution in [3.8, 4) is 11.5 Å². The van der Waals surface area contributed by atoms with Crippen LogP contribution < -0.4 is 15.4 Å². The summed E-state index contributed by atoms with van der Waals surface area (Å²) in [6.07, 6.45) is 0.633. The summed E-state index contributed by atoms with van der Waals surface area (Å²) in [6.45, 7) is 5.34. The van der Waals surface area contributed by atoms with Crippen LogP contribution >= 0.6 is 24.0 Å². The molecule has 0 radical (unpaired) electrons. The third-order valence-corrected chi connectivity index (χ3v) is 3.97. The Bertz CT molecular complexity index is 950. The van der Waals surface area contributed by atoms with Gasteiger partial charge in [-0.2, -0.15) is 4.98 Å². The van der Waals surface area contributed by atoms with Crippen molar-refractivity contribution < 1.29 is 13.7 Å². The van der Waals surface area contributed by atoms with Crippen molar-refractivity contribution in [2.24, 2.45) is 4.99 Å². The minimum absolute atomic E-state index is 0.